The summed E-state index contributed by atoms with van der Waals surface area (Å²) in [6, 6.07) is 4.91. The Balaban J connectivity index is 1.86. The molecule has 2 rings (SSSR count). The normalized spacial score (nSPS) is 10.1. The molecule has 0 fully saturated rings. The van der Waals surface area contributed by atoms with E-state index < -0.39 is 0 Å². The number of amides is 2. The maximum Gasteiger partial charge on any atom is 0.319 e. The molecule has 0 aliphatic rings. The zero-order valence-electron chi connectivity index (χ0n) is 11.1. The van der Waals surface area contributed by atoms with Crippen LogP contribution in [0.3, 0.4) is 0 Å². The number of nitrogens with one attached hydrogen (secondary N) is 3. The van der Waals surface area contributed by atoms with E-state index in [-0.39, 0.29) is 6.03 Å². The Morgan fingerprint density at radius 3 is 3.00 bits per heavy atom. The monoisotopic (exact) mass is 272 g/mol. The topological polar surface area (TPSA) is 86.9 Å². The molecule has 0 saturated carbocycles. The van der Waals surface area contributed by atoms with Gasteiger partial charge in [0.15, 0.2) is 0 Å². The fraction of sp³-hybridized carbons (Fsp3) is 0.214. The highest BCUT2D eigenvalue weighted by atomic mass is 16.2. The average Bonchev–Trinajstić information content (AvgIpc) is 2.94. The lowest BCUT2D eigenvalue weighted by Gasteiger charge is -2.10. The molecule has 1 aromatic carbocycles. The summed E-state index contributed by atoms with van der Waals surface area (Å²) < 4.78 is 0. The third-order valence-electron chi connectivity index (χ3n) is 2.99. The number of urea groups is 1. The van der Waals surface area contributed by atoms with Crippen molar-refractivity contribution in [3.63, 3.8) is 0 Å². The third kappa shape index (κ3) is 3.44. The highest BCUT2D eigenvalue weighted by Gasteiger charge is 2.06. The number of carbonyl (C=O) groups excluding carboxylic acids is 2. The Hall–Kier alpha value is -2.63. The van der Waals surface area contributed by atoms with Crippen LogP contribution in [0, 0.1) is 6.92 Å². The number of hydrogen-bond donors (Lipinski definition) is 3. The van der Waals surface area contributed by atoms with E-state index in [1.54, 1.807) is 37.6 Å². The molecule has 2 amide bonds. The zero-order chi connectivity index (χ0) is 14.4. The molecule has 2 aromatic rings. The Morgan fingerprint density at radius 2 is 2.30 bits per heavy atom. The molecule has 104 valence electrons. The smallest absolute Gasteiger partial charge is 0.319 e. The van der Waals surface area contributed by atoms with Crippen molar-refractivity contribution in [2.45, 2.75) is 13.3 Å². The van der Waals surface area contributed by atoms with Gasteiger partial charge in [0.2, 0.25) is 0 Å². The number of carbonyl (C=O) groups is 2. The van der Waals surface area contributed by atoms with E-state index in [9.17, 15) is 9.59 Å². The van der Waals surface area contributed by atoms with Crippen molar-refractivity contribution < 1.29 is 9.59 Å². The van der Waals surface area contributed by atoms with Gasteiger partial charge in [-0.05, 0) is 18.6 Å². The van der Waals surface area contributed by atoms with Crippen molar-refractivity contribution in [3.8, 4) is 0 Å². The molecule has 0 radical (unpaired) electrons. The van der Waals surface area contributed by atoms with E-state index >= 15 is 0 Å². The van der Waals surface area contributed by atoms with Crippen molar-refractivity contribution in [2.24, 2.45) is 0 Å². The van der Waals surface area contributed by atoms with Crippen LogP contribution in [0.4, 0.5) is 10.5 Å². The largest absolute Gasteiger partial charge is 0.348 e. The van der Waals surface area contributed by atoms with E-state index in [4.69, 9.17) is 0 Å². The molecule has 0 unspecified atom stereocenters. The summed E-state index contributed by atoms with van der Waals surface area (Å²) in [5.41, 5.74) is 2.92. The molecule has 6 heteroatoms. The quantitative estimate of drug-likeness (QED) is 0.726. The van der Waals surface area contributed by atoms with Gasteiger partial charge in [0.05, 0.1) is 6.33 Å². The number of aromatic nitrogens is 2. The van der Waals surface area contributed by atoms with Crippen molar-refractivity contribution in [3.05, 3.63) is 47.5 Å². The number of aromatic amines is 1. The minimum Gasteiger partial charge on any atom is -0.348 e. The van der Waals surface area contributed by atoms with Crippen LogP contribution in [0.2, 0.25) is 0 Å². The van der Waals surface area contributed by atoms with E-state index in [0.29, 0.717) is 24.2 Å². The first kappa shape index (κ1) is 13.8. The van der Waals surface area contributed by atoms with Gasteiger partial charge in [-0.3, -0.25) is 4.79 Å². The lowest BCUT2D eigenvalue weighted by atomic mass is 10.1. The molecule has 1 aromatic heterocycles. The number of H-pyrrole nitrogens is 1. The Morgan fingerprint density at radius 1 is 1.45 bits per heavy atom. The highest BCUT2D eigenvalue weighted by Crippen LogP contribution is 2.17. The fourth-order valence-corrected chi connectivity index (χ4v) is 1.82. The predicted molar refractivity (Wildman–Crippen MR) is 75.9 cm³/mol. The van der Waals surface area contributed by atoms with Gasteiger partial charge in [-0.25, -0.2) is 9.78 Å². The molecule has 3 N–H and O–H groups in total. The molecule has 20 heavy (non-hydrogen) atoms. The Kier molecular flexibility index (Phi) is 4.49. The van der Waals surface area contributed by atoms with E-state index in [2.05, 4.69) is 20.6 Å². The number of nitrogens with zero attached hydrogens (tertiary/aromatic N) is 1. The zero-order valence-corrected chi connectivity index (χ0v) is 11.1. The fourth-order valence-electron chi connectivity index (χ4n) is 1.82. The molecule has 0 atom stereocenters. The molecule has 0 saturated heterocycles. The predicted octanol–water partition coefficient (Wildman–Crippen LogP) is 1.89. The van der Waals surface area contributed by atoms with Gasteiger partial charge in [-0.2, -0.15) is 0 Å². The lowest BCUT2D eigenvalue weighted by molar-refractivity contribution is 0.112. The van der Waals surface area contributed by atoms with Gasteiger partial charge in [-0.15, -0.1) is 0 Å². The van der Waals surface area contributed by atoms with E-state index in [1.807, 2.05) is 0 Å². The number of anilines is 1. The first-order valence-electron chi connectivity index (χ1n) is 6.27. The van der Waals surface area contributed by atoms with Crippen LogP contribution >= 0.6 is 0 Å². The Labute approximate surface area is 116 Å². The van der Waals surface area contributed by atoms with Crippen LogP contribution in [0.15, 0.2) is 30.7 Å². The summed E-state index contributed by atoms with van der Waals surface area (Å²) in [5.74, 6) is 0. The summed E-state index contributed by atoms with van der Waals surface area (Å²) in [7, 11) is 0. The third-order valence-corrected chi connectivity index (χ3v) is 2.99. The molecular weight excluding hydrogens is 256 g/mol. The Bertz CT molecular complexity index is 593. The number of hydrogen-bond acceptors (Lipinski definition) is 3. The lowest BCUT2D eigenvalue weighted by Crippen LogP contribution is -2.30. The maximum absolute atomic E-state index is 11.8. The van der Waals surface area contributed by atoms with Crippen molar-refractivity contribution >= 4 is 18.0 Å². The second-order valence-electron chi connectivity index (χ2n) is 4.35. The van der Waals surface area contributed by atoms with Gasteiger partial charge in [0, 0.05) is 36.1 Å². The van der Waals surface area contributed by atoms with Crippen molar-refractivity contribution in [2.75, 3.05) is 11.9 Å². The number of aldehydes is 1. The average molecular weight is 272 g/mol. The number of rotatable bonds is 5. The molecular formula is C14H16N4O2. The van der Waals surface area contributed by atoms with Crippen LogP contribution < -0.4 is 10.6 Å². The van der Waals surface area contributed by atoms with Gasteiger partial charge >= 0.3 is 6.03 Å². The summed E-state index contributed by atoms with van der Waals surface area (Å²) >= 11 is 0. The second-order valence-corrected chi connectivity index (χ2v) is 4.35. The summed E-state index contributed by atoms with van der Waals surface area (Å²) in [5, 5.41) is 5.48. The minimum absolute atomic E-state index is 0.296. The summed E-state index contributed by atoms with van der Waals surface area (Å²) in [6.45, 7) is 2.30. The molecule has 6 nitrogen and oxygen atoms in total. The van der Waals surface area contributed by atoms with Crippen LogP contribution in [0.1, 0.15) is 21.6 Å². The van der Waals surface area contributed by atoms with Crippen LogP contribution in [-0.2, 0) is 6.42 Å². The summed E-state index contributed by atoms with van der Waals surface area (Å²) in [6.07, 6.45) is 4.78. The second kappa shape index (κ2) is 6.51. The van der Waals surface area contributed by atoms with Crippen LogP contribution in [0.25, 0.3) is 0 Å². The van der Waals surface area contributed by atoms with Gasteiger partial charge in [0.25, 0.3) is 0 Å². The standard InChI is InChI=1S/C14H16N4O2/c1-10-11(8-19)3-2-4-13(10)18-14(20)16-6-5-12-7-15-9-17-12/h2-4,7-9H,5-6H2,1H3,(H,15,17)(H2,16,18,20). The first-order valence-corrected chi connectivity index (χ1v) is 6.27. The number of imidazole rings is 1. The molecule has 0 aliphatic heterocycles. The van der Waals surface area contributed by atoms with E-state index in [1.165, 1.54) is 0 Å². The van der Waals surface area contributed by atoms with Gasteiger partial charge in [-0.1, -0.05) is 12.1 Å². The molecule has 0 aliphatic carbocycles. The molecule has 0 spiro atoms. The van der Waals surface area contributed by atoms with Crippen LogP contribution in [-0.4, -0.2) is 28.8 Å². The van der Waals surface area contributed by atoms with E-state index in [0.717, 1.165) is 17.5 Å². The molecule has 0 bridgehead atoms. The van der Waals surface area contributed by atoms with Crippen molar-refractivity contribution in [1.29, 1.82) is 0 Å². The SMILES string of the molecule is Cc1c(C=O)cccc1NC(=O)NCCc1cnc[nH]1. The summed E-state index contributed by atoms with van der Waals surface area (Å²) in [4.78, 5) is 29.5. The molecule has 1 heterocycles. The number of benzene rings is 1. The van der Waals surface area contributed by atoms with Gasteiger partial charge in [0.1, 0.15) is 6.29 Å². The highest BCUT2D eigenvalue weighted by molar-refractivity contribution is 5.92. The van der Waals surface area contributed by atoms with Gasteiger partial charge < -0.3 is 15.6 Å². The maximum atomic E-state index is 11.8. The van der Waals surface area contributed by atoms with Crippen LogP contribution in [0.5, 0.6) is 0 Å². The first-order chi connectivity index (χ1) is 9.70. The minimum atomic E-state index is -0.296. The van der Waals surface area contributed by atoms with Crippen molar-refractivity contribution in [1.82, 2.24) is 15.3 Å².